The molecule has 1 saturated carbocycles. The SMILES string of the molecule is Cc1cccc(NC(=O)NC(C(=N)N)C2CC2)c1. The second-order valence-electron chi connectivity index (χ2n) is 4.74. The van der Waals surface area contributed by atoms with E-state index in [1.54, 1.807) is 0 Å². The van der Waals surface area contributed by atoms with Crippen molar-refractivity contribution in [3.8, 4) is 0 Å². The van der Waals surface area contributed by atoms with Crippen LogP contribution in [0.5, 0.6) is 0 Å². The lowest BCUT2D eigenvalue weighted by molar-refractivity contribution is 0.250. The molecule has 5 N–H and O–H groups in total. The van der Waals surface area contributed by atoms with Crippen LogP contribution < -0.4 is 16.4 Å². The molecule has 1 atom stereocenters. The number of carbonyl (C=O) groups is 1. The highest BCUT2D eigenvalue weighted by atomic mass is 16.2. The molecule has 0 aliphatic heterocycles. The Morgan fingerprint density at radius 1 is 1.50 bits per heavy atom. The monoisotopic (exact) mass is 246 g/mol. The maximum atomic E-state index is 11.8. The van der Waals surface area contributed by atoms with Gasteiger partial charge in [0.1, 0.15) is 5.84 Å². The van der Waals surface area contributed by atoms with E-state index in [-0.39, 0.29) is 17.9 Å². The quantitative estimate of drug-likeness (QED) is 0.482. The van der Waals surface area contributed by atoms with Crippen LogP contribution in [0.25, 0.3) is 0 Å². The van der Waals surface area contributed by atoms with Gasteiger partial charge in [0.2, 0.25) is 0 Å². The first kappa shape index (κ1) is 12.4. The van der Waals surface area contributed by atoms with E-state index in [0.717, 1.165) is 24.1 Å². The number of carbonyl (C=O) groups excluding carboxylic acids is 1. The van der Waals surface area contributed by atoms with Crippen LogP contribution >= 0.6 is 0 Å². The average molecular weight is 246 g/mol. The Morgan fingerprint density at radius 2 is 2.22 bits per heavy atom. The summed E-state index contributed by atoms with van der Waals surface area (Å²) < 4.78 is 0. The van der Waals surface area contributed by atoms with Gasteiger partial charge in [0.15, 0.2) is 0 Å². The van der Waals surface area contributed by atoms with E-state index in [0.29, 0.717) is 5.92 Å². The van der Waals surface area contributed by atoms with Crippen molar-refractivity contribution in [1.29, 1.82) is 5.41 Å². The van der Waals surface area contributed by atoms with E-state index in [1.807, 2.05) is 31.2 Å². The maximum Gasteiger partial charge on any atom is 0.319 e. The number of hydrogen-bond donors (Lipinski definition) is 4. The molecule has 0 saturated heterocycles. The van der Waals surface area contributed by atoms with Gasteiger partial charge in [0.05, 0.1) is 6.04 Å². The number of benzene rings is 1. The molecule has 1 aliphatic carbocycles. The predicted octanol–water partition coefficient (Wildman–Crippen LogP) is 1.83. The van der Waals surface area contributed by atoms with Crippen LogP contribution in [0.3, 0.4) is 0 Å². The normalized spacial score (nSPS) is 15.8. The highest BCUT2D eigenvalue weighted by molar-refractivity contribution is 5.94. The number of nitrogens with one attached hydrogen (secondary N) is 3. The van der Waals surface area contributed by atoms with Gasteiger partial charge >= 0.3 is 6.03 Å². The highest BCUT2D eigenvalue weighted by Gasteiger charge is 2.34. The minimum absolute atomic E-state index is 0.0249. The van der Waals surface area contributed by atoms with Gasteiger partial charge in [0, 0.05) is 5.69 Å². The smallest absolute Gasteiger partial charge is 0.319 e. The molecule has 18 heavy (non-hydrogen) atoms. The summed E-state index contributed by atoms with van der Waals surface area (Å²) in [7, 11) is 0. The number of amides is 2. The van der Waals surface area contributed by atoms with Crippen LogP contribution in [0.1, 0.15) is 18.4 Å². The molecule has 1 aliphatic rings. The molecule has 2 rings (SSSR count). The Labute approximate surface area is 106 Å². The first-order valence-electron chi connectivity index (χ1n) is 6.04. The number of aryl methyl sites for hydroxylation is 1. The molecule has 2 amide bonds. The van der Waals surface area contributed by atoms with Gasteiger partial charge < -0.3 is 16.4 Å². The number of nitrogens with two attached hydrogens (primary N) is 1. The zero-order valence-electron chi connectivity index (χ0n) is 10.4. The van der Waals surface area contributed by atoms with Crippen LogP contribution in [-0.4, -0.2) is 17.9 Å². The van der Waals surface area contributed by atoms with Gasteiger partial charge in [-0.15, -0.1) is 0 Å². The number of anilines is 1. The van der Waals surface area contributed by atoms with Crippen LogP contribution in [0.2, 0.25) is 0 Å². The zero-order valence-corrected chi connectivity index (χ0v) is 10.4. The Bertz CT molecular complexity index is 468. The summed E-state index contributed by atoms with van der Waals surface area (Å²) in [6.45, 7) is 1.96. The van der Waals surface area contributed by atoms with Gasteiger partial charge in [-0.1, -0.05) is 12.1 Å². The first-order chi connectivity index (χ1) is 8.56. The summed E-state index contributed by atoms with van der Waals surface area (Å²) in [6, 6.07) is 6.91. The minimum Gasteiger partial charge on any atom is -0.386 e. The van der Waals surface area contributed by atoms with E-state index in [2.05, 4.69) is 10.6 Å². The summed E-state index contributed by atoms with van der Waals surface area (Å²) in [5.74, 6) is 0.350. The van der Waals surface area contributed by atoms with Gasteiger partial charge in [-0.3, -0.25) is 5.41 Å². The third-order valence-corrected chi connectivity index (χ3v) is 2.99. The molecule has 96 valence electrons. The minimum atomic E-state index is -0.338. The molecule has 5 nitrogen and oxygen atoms in total. The highest BCUT2D eigenvalue weighted by Crippen LogP contribution is 2.32. The van der Waals surface area contributed by atoms with E-state index < -0.39 is 0 Å². The van der Waals surface area contributed by atoms with Crippen molar-refractivity contribution in [2.45, 2.75) is 25.8 Å². The lowest BCUT2D eigenvalue weighted by Crippen LogP contribution is -2.47. The summed E-state index contributed by atoms with van der Waals surface area (Å²) >= 11 is 0. The van der Waals surface area contributed by atoms with Crippen LogP contribution in [0, 0.1) is 18.3 Å². The molecule has 0 bridgehead atoms. The van der Waals surface area contributed by atoms with Crippen molar-refractivity contribution in [3.63, 3.8) is 0 Å². The molecule has 0 radical (unpaired) electrons. The van der Waals surface area contributed by atoms with E-state index in [9.17, 15) is 4.79 Å². The van der Waals surface area contributed by atoms with Gasteiger partial charge in [-0.05, 0) is 43.4 Å². The lowest BCUT2D eigenvalue weighted by Gasteiger charge is -2.17. The van der Waals surface area contributed by atoms with Crippen molar-refractivity contribution in [2.24, 2.45) is 11.7 Å². The molecular weight excluding hydrogens is 228 g/mol. The molecule has 1 aromatic carbocycles. The van der Waals surface area contributed by atoms with Crippen molar-refractivity contribution in [3.05, 3.63) is 29.8 Å². The Morgan fingerprint density at radius 3 is 2.78 bits per heavy atom. The Kier molecular flexibility index (Phi) is 3.50. The summed E-state index contributed by atoms with van der Waals surface area (Å²) in [6.07, 6.45) is 2.05. The Balaban J connectivity index is 1.93. The third-order valence-electron chi connectivity index (χ3n) is 2.99. The van der Waals surface area contributed by atoms with Crippen LogP contribution in [-0.2, 0) is 0 Å². The Hall–Kier alpha value is -2.04. The summed E-state index contributed by atoms with van der Waals surface area (Å²) in [5, 5.41) is 13.0. The number of amidine groups is 1. The van der Waals surface area contributed by atoms with E-state index in [1.165, 1.54) is 0 Å². The molecule has 0 spiro atoms. The van der Waals surface area contributed by atoms with Gasteiger partial charge in [-0.2, -0.15) is 0 Å². The van der Waals surface area contributed by atoms with Crippen molar-refractivity contribution >= 4 is 17.6 Å². The maximum absolute atomic E-state index is 11.8. The molecule has 1 fully saturated rings. The largest absolute Gasteiger partial charge is 0.386 e. The zero-order chi connectivity index (χ0) is 13.1. The van der Waals surface area contributed by atoms with Crippen molar-refractivity contribution in [2.75, 3.05) is 5.32 Å². The van der Waals surface area contributed by atoms with Gasteiger partial charge in [-0.25, -0.2) is 4.79 Å². The number of urea groups is 1. The van der Waals surface area contributed by atoms with Crippen molar-refractivity contribution in [1.82, 2.24) is 5.32 Å². The molecule has 0 aromatic heterocycles. The summed E-state index contributed by atoms with van der Waals surface area (Å²) in [5.41, 5.74) is 7.31. The average Bonchev–Trinajstić information content (AvgIpc) is 3.09. The number of hydrogen-bond acceptors (Lipinski definition) is 2. The third kappa shape index (κ3) is 3.23. The van der Waals surface area contributed by atoms with Gasteiger partial charge in [0.25, 0.3) is 0 Å². The molecule has 1 aromatic rings. The molecule has 1 unspecified atom stereocenters. The predicted molar refractivity (Wildman–Crippen MR) is 71.8 cm³/mol. The second-order valence-corrected chi connectivity index (χ2v) is 4.74. The standard InChI is InChI=1S/C13H18N4O/c1-8-3-2-4-10(7-8)16-13(18)17-11(12(14)15)9-5-6-9/h2-4,7,9,11H,5-6H2,1H3,(H3,14,15)(H2,16,17,18). The fourth-order valence-electron chi connectivity index (χ4n) is 1.91. The van der Waals surface area contributed by atoms with E-state index >= 15 is 0 Å². The van der Waals surface area contributed by atoms with Crippen molar-refractivity contribution < 1.29 is 4.79 Å². The first-order valence-corrected chi connectivity index (χ1v) is 6.04. The van der Waals surface area contributed by atoms with Crippen LogP contribution in [0.4, 0.5) is 10.5 Å². The molecule has 5 heteroatoms. The topological polar surface area (TPSA) is 91.0 Å². The van der Waals surface area contributed by atoms with Crippen LogP contribution in [0.15, 0.2) is 24.3 Å². The molecule has 0 heterocycles. The summed E-state index contributed by atoms with van der Waals surface area (Å²) in [4.78, 5) is 11.8. The lowest BCUT2D eigenvalue weighted by atomic mass is 10.2. The second kappa shape index (κ2) is 5.08. The number of rotatable bonds is 4. The fourth-order valence-corrected chi connectivity index (χ4v) is 1.91. The molecular formula is C13H18N4O. The van der Waals surface area contributed by atoms with E-state index in [4.69, 9.17) is 11.1 Å². The fraction of sp³-hybridized carbons (Fsp3) is 0.385.